The lowest BCUT2D eigenvalue weighted by Crippen LogP contribution is -2.48. The first-order valence-corrected chi connectivity index (χ1v) is 18.6. The van der Waals surface area contributed by atoms with E-state index in [0.29, 0.717) is 34.3 Å². The summed E-state index contributed by atoms with van der Waals surface area (Å²) >= 11 is 6.78. The molecule has 1 fully saturated rings. The molecule has 286 valence electrons. The predicted molar refractivity (Wildman–Crippen MR) is 209 cm³/mol. The number of nitrogens with zero attached hydrogens (tertiary/aromatic N) is 3. The summed E-state index contributed by atoms with van der Waals surface area (Å²) in [7, 11) is 0. The van der Waals surface area contributed by atoms with Crippen molar-refractivity contribution >= 4 is 17.5 Å². The highest BCUT2D eigenvalue weighted by Crippen LogP contribution is 2.36. The SMILES string of the molecule is CC(=O)N[C@@H]1CCN(CCCOc2cccc(-c3cccc(COc4cc(OCc5cncc(C#N)c5)c(CNC(C)(CO)CO)cc4Cl)c3C)c2C)C1. The average molecular weight is 756 g/mol. The molecule has 0 aliphatic carbocycles. The van der Waals surface area contributed by atoms with Crippen LogP contribution in [-0.2, 0) is 24.6 Å². The van der Waals surface area contributed by atoms with Gasteiger partial charge in [0.25, 0.3) is 0 Å². The Morgan fingerprint density at radius 1 is 0.981 bits per heavy atom. The molecule has 1 aromatic heterocycles. The van der Waals surface area contributed by atoms with Gasteiger partial charge in [0.15, 0.2) is 0 Å². The van der Waals surface area contributed by atoms with Crippen molar-refractivity contribution in [3.05, 3.63) is 105 Å². The third kappa shape index (κ3) is 10.7. The van der Waals surface area contributed by atoms with Crippen LogP contribution in [0.3, 0.4) is 0 Å². The van der Waals surface area contributed by atoms with E-state index in [0.717, 1.165) is 71.6 Å². The number of nitrogens with one attached hydrogen (secondary N) is 2. The minimum atomic E-state index is -0.912. The van der Waals surface area contributed by atoms with Gasteiger partial charge in [-0.3, -0.25) is 9.78 Å². The van der Waals surface area contributed by atoms with E-state index in [1.165, 1.54) is 6.20 Å². The number of hydrogen-bond donors (Lipinski definition) is 4. The van der Waals surface area contributed by atoms with E-state index in [-0.39, 0.29) is 44.9 Å². The van der Waals surface area contributed by atoms with Crippen LogP contribution in [0.1, 0.15) is 60.1 Å². The average Bonchev–Trinajstić information content (AvgIpc) is 3.62. The monoisotopic (exact) mass is 755 g/mol. The number of aliphatic hydroxyl groups excluding tert-OH is 2. The van der Waals surface area contributed by atoms with Crippen molar-refractivity contribution < 1.29 is 29.2 Å². The molecule has 11 nitrogen and oxygen atoms in total. The van der Waals surface area contributed by atoms with Gasteiger partial charge in [0.05, 0.1) is 35.9 Å². The standard InChI is InChI=1S/C42H50ClN5O6/c1-28-33(8-5-9-36(28)37-10-6-11-39(29(37)2)52-15-7-13-48-14-12-35(23-48)47-30(3)51)25-54-41-18-40(53-24-32-16-31(19-44)20-45-21-32)34(17-38(41)43)22-46-42(4,26-49)27-50/h5-6,8-11,16-18,20-21,35,46,49-50H,7,12-15,22-27H2,1-4H3,(H,47,51)/t35-/m1/s1. The molecule has 4 N–H and O–H groups in total. The molecule has 54 heavy (non-hydrogen) atoms. The van der Waals surface area contributed by atoms with E-state index in [1.807, 2.05) is 24.3 Å². The fraction of sp³-hybridized carbons (Fsp3) is 0.405. The second-order valence-electron chi connectivity index (χ2n) is 14.1. The highest BCUT2D eigenvalue weighted by atomic mass is 35.5. The maximum atomic E-state index is 11.4. The molecule has 1 atom stereocenters. The second kappa shape index (κ2) is 19.1. The Hall–Kier alpha value is -4.70. The van der Waals surface area contributed by atoms with Crippen molar-refractivity contribution in [1.29, 1.82) is 5.26 Å². The minimum absolute atomic E-state index is 0.0239. The number of carbonyl (C=O) groups excluding carboxylic acids is 1. The number of benzene rings is 3. The zero-order valence-corrected chi connectivity index (χ0v) is 32.2. The first kappa shape index (κ1) is 40.5. The van der Waals surface area contributed by atoms with Crippen LogP contribution < -0.4 is 24.8 Å². The van der Waals surface area contributed by atoms with E-state index < -0.39 is 5.54 Å². The van der Waals surface area contributed by atoms with Gasteiger partial charge in [-0.2, -0.15) is 5.26 Å². The number of amides is 1. The summed E-state index contributed by atoms with van der Waals surface area (Å²) in [5.41, 5.74) is 6.24. The molecule has 0 saturated carbocycles. The van der Waals surface area contributed by atoms with Crippen molar-refractivity contribution in [3.63, 3.8) is 0 Å². The summed E-state index contributed by atoms with van der Waals surface area (Å²) in [4.78, 5) is 17.9. The number of hydrogen-bond acceptors (Lipinski definition) is 10. The molecule has 0 unspecified atom stereocenters. The van der Waals surface area contributed by atoms with Gasteiger partial charge in [0.2, 0.25) is 5.91 Å². The molecule has 3 aromatic carbocycles. The molecule has 1 amide bonds. The summed E-state index contributed by atoms with van der Waals surface area (Å²) in [6, 6.07) is 19.8. The van der Waals surface area contributed by atoms with Crippen molar-refractivity contribution in [3.8, 4) is 34.4 Å². The number of rotatable bonds is 18. The van der Waals surface area contributed by atoms with E-state index >= 15 is 0 Å². The second-order valence-corrected chi connectivity index (χ2v) is 14.5. The molecular weight excluding hydrogens is 706 g/mol. The van der Waals surface area contributed by atoms with Crippen LogP contribution in [0, 0.1) is 25.2 Å². The molecule has 1 saturated heterocycles. The fourth-order valence-electron chi connectivity index (χ4n) is 6.48. The van der Waals surface area contributed by atoms with E-state index in [2.05, 4.69) is 52.6 Å². The van der Waals surface area contributed by atoms with Crippen LogP contribution in [0.5, 0.6) is 17.2 Å². The highest BCUT2D eigenvalue weighted by Gasteiger charge is 2.24. The summed E-state index contributed by atoms with van der Waals surface area (Å²) < 4.78 is 18.8. The lowest BCUT2D eigenvalue weighted by Gasteiger charge is -2.27. The van der Waals surface area contributed by atoms with Crippen LogP contribution in [0.15, 0.2) is 67.0 Å². The topological polar surface area (TPSA) is 149 Å². The number of halogens is 1. The van der Waals surface area contributed by atoms with Crippen LogP contribution in [0.25, 0.3) is 11.1 Å². The third-order valence-corrected chi connectivity index (χ3v) is 10.1. The van der Waals surface area contributed by atoms with Crippen LogP contribution in [-0.4, -0.2) is 77.0 Å². The molecule has 1 aliphatic rings. The predicted octanol–water partition coefficient (Wildman–Crippen LogP) is 5.86. The van der Waals surface area contributed by atoms with Crippen molar-refractivity contribution in [2.75, 3.05) is 39.5 Å². The number of pyridine rings is 1. The van der Waals surface area contributed by atoms with Crippen LogP contribution >= 0.6 is 11.6 Å². The third-order valence-electron chi connectivity index (χ3n) is 9.80. The first-order valence-electron chi connectivity index (χ1n) is 18.2. The fourth-order valence-corrected chi connectivity index (χ4v) is 6.72. The Morgan fingerprint density at radius 3 is 2.46 bits per heavy atom. The Balaban J connectivity index is 1.27. The van der Waals surface area contributed by atoms with Crippen LogP contribution in [0.4, 0.5) is 0 Å². The Labute approximate surface area is 322 Å². The molecule has 5 rings (SSSR count). The molecule has 4 aromatic rings. The number of aliphatic hydroxyl groups is 2. The normalized spacial score (nSPS) is 14.4. The summed E-state index contributed by atoms with van der Waals surface area (Å²) in [6.45, 7) is 11.0. The van der Waals surface area contributed by atoms with Crippen LogP contribution in [0.2, 0.25) is 5.02 Å². The lowest BCUT2D eigenvalue weighted by atomic mass is 9.93. The summed E-state index contributed by atoms with van der Waals surface area (Å²) in [6.07, 6.45) is 5.01. The van der Waals surface area contributed by atoms with E-state index in [9.17, 15) is 20.3 Å². The maximum Gasteiger partial charge on any atom is 0.217 e. The zero-order chi connectivity index (χ0) is 38.7. The van der Waals surface area contributed by atoms with Gasteiger partial charge in [-0.05, 0) is 79.6 Å². The maximum absolute atomic E-state index is 11.4. The van der Waals surface area contributed by atoms with Crippen molar-refractivity contribution in [2.45, 2.75) is 71.9 Å². The molecule has 0 spiro atoms. The molecule has 2 heterocycles. The number of nitriles is 1. The van der Waals surface area contributed by atoms with Gasteiger partial charge in [-0.25, -0.2) is 0 Å². The Kier molecular flexibility index (Phi) is 14.3. The molecule has 0 bridgehead atoms. The zero-order valence-electron chi connectivity index (χ0n) is 31.5. The Bertz CT molecular complexity index is 1950. The van der Waals surface area contributed by atoms with Crippen molar-refractivity contribution in [2.24, 2.45) is 0 Å². The lowest BCUT2D eigenvalue weighted by molar-refractivity contribution is -0.119. The van der Waals surface area contributed by atoms with E-state index in [1.54, 1.807) is 38.2 Å². The van der Waals surface area contributed by atoms with Gasteiger partial charge >= 0.3 is 0 Å². The van der Waals surface area contributed by atoms with Gasteiger partial charge in [-0.15, -0.1) is 0 Å². The summed E-state index contributed by atoms with van der Waals surface area (Å²) in [5, 5.41) is 35.5. The number of carbonyl (C=O) groups is 1. The minimum Gasteiger partial charge on any atom is -0.493 e. The smallest absolute Gasteiger partial charge is 0.217 e. The molecule has 0 radical (unpaired) electrons. The van der Waals surface area contributed by atoms with Crippen molar-refractivity contribution in [1.82, 2.24) is 20.5 Å². The first-order chi connectivity index (χ1) is 26.0. The highest BCUT2D eigenvalue weighted by molar-refractivity contribution is 6.32. The largest absolute Gasteiger partial charge is 0.493 e. The summed E-state index contributed by atoms with van der Waals surface area (Å²) in [5.74, 6) is 1.81. The van der Waals surface area contributed by atoms with E-state index in [4.69, 9.17) is 25.8 Å². The molecule has 1 aliphatic heterocycles. The molecular formula is C42H50ClN5O6. The Morgan fingerprint density at radius 2 is 1.72 bits per heavy atom. The van der Waals surface area contributed by atoms with Gasteiger partial charge in [0.1, 0.15) is 36.5 Å². The van der Waals surface area contributed by atoms with Gasteiger partial charge in [0, 0.05) is 68.7 Å². The van der Waals surface area contributed by atoms with Gasteiger partial charge in [-0.1, -0.05) is 41.9 Å². The number of ether oxygens (including phenoxy) is 3. The quantitative estimate of drug-likeness (QED) is 0.0911. The number of aromatic nitrogens is 1. The molecule has 12 heteroatoms. The van der Waals surface area contributed by atoms with Gasteiger partial charge < -0.3 is 40.0 Å². The number of likely N-dealkylation sites (tertiary alicyclic amines) is 1.